The molecule has 1 N–H and O–H groups in total. The Morgan fingerprint density at radius 3 is 2.55 bits per heavy atom. The number of Topliss-reactive ketones (excluding diaryl/α,β-unsaturated/α-hetero) is 1. The summed E-state index contributed by atoms with van der Waals surface area (Å²) in [5.41, 5.74) is 1.12. The number of nitrogens with zero attached hydrogens (tertiary/aromatic N) is 2. The minimum absolute atomic E-state index is 0.108. The highest BCUT2D eigenvalue weighted by Crippen LogP contribution is 2.44. The van der Waals surface area contributed by atoms with Crippen molar-refractivity contribution in [3.63, 3.8) is 0 Å². The van der Waals surface area contributed by atoms with E-state index in [0.29, 0.717) is 41.5 Å². The first-order valence-electron chi connectivity index (χ1n) is 12.8. The van der Waals surface area contributed by atoms with E-state index in [4.69, 9.17) is 14.2 Å². The van der Waals surface area contributed by atoms with E-state index in [1.165, 1.54) is 4.90 Å². The number of anilines is 1. The van der Waals surface area contributed by atoms with Gasteiger partial charge in [0.15, 0.2) is 5.13 Å². The zero-order valence-electron chi connectivity index (χ0n) is 22.5. The first-order chi connectivity index (χ1) is 19.3. The number of benzene rings is 2. The summed E-state index contributed by atoms with van der Waals surface area (Å²) in [5.74, 6) is -1.57. The summed E-state index contributed by atoms with van der Waals surface area (Å²) in [6, 6.07) is 12.5. The van der Waals surface area contributed by atoms with Crippen LogP contribution in [0.4, 0.5) is 5.13 Å². The van der Waals surface area contributed by atoms with Crippen molar-refractivity contribution < 1.29 is 33.7 Å². The summed E-state index contributed by atoms with van der Waals surface area (Å²) in [6.45, 7) is 9.92. The first-order valence-corrected chi connectivity index (χ1v) is 13.6. The molecule has 2 heterocycles. The quantitative estimate of drug-likeness (QED) is 0.105. The smallest absolute Gasteiger partial charge is 0.350 e. The molecule has 1 fully saturated rings. The maximum Gasteiger partial charge on any atom is 0.350 e. The number of amides is 1. The summed E-state index contributed by atoms with van der Waals surface area (Å²) >= 11 is 0.952. The molecule has 1 aliphatic rings. The number of aromatic nitrogens is 1. The fourth-order valence-electron chi connectivity index (χ4n) is 4.23. The summed E-state index contributed by atoms with van der Waals surface area (Å²) in [6.07, 6.45) is 2.42. The number of aryl methyl sites for hydroxylation is 1. The number of thiazole rings is 1. The van der Waals surface area contributed by atoms with E-state index < -0.39 is 23.7 Å². The molecule has 1 saturated heterocycles. The molecule has 0 saturated carbocycles. The Labute approximate surface area is 236 Å². The van der Waals surface area contributed by atoms with Crippen LogP contribution in [0.5, 0.6) is 11.5 Å². The van der Waals surface area contributed by atoms with Gasteiger partial charge in [-0.05, 0) is 50.1 Å². The Bertz CT molecular complexity index is 1460. The second-order valence-corrected chi connectivity index (χ2v) is 9.82. The minimum Gasteiger partial charge on any atom is -0.507 e. The highest BCUT2D eigenvalue weighted by molar-refractivity contribution is 7.17. The molecule has 1 aromatic heterocycles. The number of carbonyl (C=O) groups is 3. The predicted octanol–water partition coefficient (Wildman–Crippen LogP) is 5.61. The lowest BCUT2D eigenvalue weighted by Crippen LogP contribution is -2.29. The van der Waals surface area contributed by atoms with Gasteiger partial charge < -0.3 is 19.3 Å². The Kier molecular flexibility index (Phi) is 9.00. The van der Waals surface area contributed by atoms with E-state index >= 15 is 0 Å². The molecule has 1 amide bonds. The van der Waals surface area contributed by atoms with Gasteiger partial charge >= 0.3 is 11.9 Å². The van der Waals surface area contributed by atoms with Crippen molar-refractivity contribution in [2.45, 2.75) is 33.2 Å². The molecular weight excluding hydrogens is 532 g/mol. The fourth-order valence-corrected chi connectivity index (χ4v) is 5.21. The molecular formula is C30H30N2O7S. The van der Waals surface area contributed by atoms with Gasteiger partial charge in [0, 0.05) is 5.56 Å². The van der Waals surface area contributed by atoms with Crippen molar-refractivity contribution in [2.24, 2.45) is 0 Å². The number of aliphatic hydroxyl groups excluding tert-OH is 1. The van der Waals surface area contributed by atoms with Crippen LogP contribution < -0.4 is 14.4 Å². The molecule has 208 valence electrons. The van der Waals surface area contributed by atoms with Crippen LogP contribution in [0.25, 0.3) is 5.76 Å². The maximum atomic E-state index is 13.5. The van der Waals surface area contributed by atoms with Gasteiger partial charge in [-0.2, -0.15) is 0 Å². The van der Waals surface area contributed by atoms with E-state index in [0.717, 1.165) is 17.8 Å². The van der Waals surface area contributed by atoms with Crippen LogP contribution in [0.1, 0.15) is 52.8 Å². The number of esters is 1. The van der Waals surface area contributed by atoms with Crippen LogP contribution in [-0.2, 0) is 14.3 Å². The van der Waals surface area contributed by atoms with Gasteiger partial charge in [0.2, 0.25) is 0 Å². The molecule has 0 spiro atoms. The standard InChI is InChI=1S/C30H30N2O7S/c1-5-15-38-21-13-11-19(12-14-21)24-23(25(33)20-9-8-10-22(17-20)39-16-6-2)26(34)28(35)32(24)30-31-18(4)27(40-30)29(36)37-7-3/h5,8-14,17,24,33H,1,6-7,15-16H2,2-4H3. The van der Waals surface area contributed by atoms with Gasteiger partial charge in [0.25, 0.3) is 5.78 Å². The molecule has 1 unspecified atom stereocenters. The summed E-state index contributed by atoms with van der Waals surface area (Å²) in [4.78, 5) is 45.3. The third-order valence-corrected chi connectivity index (χ3v) is 7.18. The average Bonchev–Trinajstić information content (AvgIpc) is 3.47. The molecule has 0 bridgehead atoms. The molecule has 40 heavy (non-hydrogen) atoms. The lowest BCUT2D eigenvalue weighted by atomic mass is 9.95. The second kappa shape index (κ2) is 12.6. The first kappa shape index (κ1) is 28.6. The zero-order chi connectivity index (χ0) is 28.8. The normalized spacial score (nSPS) is 16.2. The van der Waals surface area contributed by atoms with Crippen LogP contribution in [0.15, 0.2) is 66.8 Å². The van der Waals surface area contributed by atoms with Crippen molar-refractivity contribution >= 4 is 39.9 Å². The monoisotopic (exact) mass is 562 g/mol. The molecule has 9 nitrogen and oxygen atoms in total. The zero-order valence-corrected chi connectivity index (χ0v) is 23.3. The van der Waals surface area contributed by atoms with E-state index in [-0.39, 0.29) is 27.9 Å². The van der Waals surface area contributed by atoms with Crippen LogP contribution in [0, 0.1) is 6.92 Å². The predicted molar refractivity (Wildman–Crippen MR) is 152 cm³/mol. The lowest BCUT2D eigenvalue weighted by molar-refractivity contribution is -0.132. The molecule has 1 atom stereocenters. The number of ketones is 1. The number of carbonyl (C=O) groups excluding carboxylic acids is 3. The molecule has 3 aromatic rings. The maximum absolute atomic E-state index is 13.5. The number of hydrogen-bond acceptors (Lipinski definition) is 9. The van der Waals surface area contributed by atoms with Crippen LogP contribution in [0.2, 0.25) is 0 Å². The molecule has 2 aromatic carbocycles. The summed E-state index contributed by atoms with van der Waals surface area (Å²) < 4.78 is 16.4. The lowest BCUT2D eigenvalue weighted by Gasteiger charge is -2.23. The highest BCUT2D eigenvalue weighted by Gasteiger charge is 2.48. The van der Waals surface area contributed by atoms with Gasteiger partial charge in [0.05, 0.1) is 30.5 Å². The van der Waals surface area contributed by atoms with Gasteiger partial charge in [-0.25, -0.2) is 9.78 Å². The summed E-state index contributed by atoms with van der Waals surface area (Å²) in [7, 11) is 0. The largest absolute Gasteiger partial charge is 0.507 e. The van der Waals surface area contributed by atoms with E-state index in [2.05, 4.69) is 11.6 Å². The molecule has 1 aliphatic heterocycles. The van der Waals surface area contributed by atoms with Crippen molar-refractivity contribution in [1.82, 2.24) is 4.98 Å². The van der Waals surface area contributed by atoms with Crippen molar-refractivity contribution in [3.8, 4) is 11.5 Å². The van der Waals surface area contributed by atoms with Gasteiger partial charge in [-0.15, -0.1) is 0 Å². The summed E-state index contributed by atoms with van der Waals surface area (Å²) in [5, 5.41) is 11.6. The van der Waals surface area contributed by atoms with Crippen LogP contribution in [0.3, 0.4) is 0 Å². The topological polar surface area (TPSA) is 115 Å². The van der Waals surface area contributed by atoms with Crippen LogP contribution >= 0.6 is 11.3 Å². The Morgan fingerprint density at radius 2 is 1.88 bits per heavy atom. The fraction of sp³-hybridized carbons (Fsp3) is 0.267. The Hall–Kier alpha value is -4.44. The third-order valence-electron chi connectivity index (χ3n) is 6.04. The van der Waals surface area contributed by atoms with E-state index in [1.54, 1.807) is 68.5 Å². The highest BCUT2D eigenvalue weighted by atomic mass is 32.1. The van der Waals surface area contributed by atoms with Gasteiger partial charge in [-0.1, -0.05) is 55.2 Å². The number of ether oxygens (including phenoxy) is 3. The third kappa shape index (κ3) is 5.76. The SMILES string of the molecule is C=CCOc1ccc(C2C(=C(O)c3cccc(OCCC)c3)C(=O)C(=O)N2c2nc(C)c(C(=O)OCC)s2)cc1. The van der Waals surface area contributed by atoms with E-state index in [9.17, 15) is 19.5 Å². The Balaban J connectivity index is 1.86. The average molecular weight is 563 g/mol. The molecule has 4 rings (SSSR count). The number of rotatable bonds is 11. The molecule has 10 heteroatoms. The van der Waals surface area contributed by atoms with Crippen molar-refractivity contribution in [2.75, 3.05) is 24.7 Å². The van der Waals surface area contributed by atoms with E-state index in [1.807, 2.05) is 6.92 Å². The molecule has 0 radical (unpaired) electrons. The van der Waals surface area contributed by atoms with Crippen molar-refractivity contribution in [3.05, 3.63) is 88.5 Å². The molecule has 0 aliphatic carbocycles. The Morgan fingerprint density at radius 1 is 1.12 bits per heavy atom. The van der Waals surface area contributed by atoms with Crippen molar-refractivity contribution in [1.29, 1.82) is 0 Å². The van der Waals surface area contributed by atoms with Gasteiger partial charge in [0.1, 0.15) is 28.7 Å². The van der Waals surface area contributed by atoms with Gasteiger partial charge in [-0.3, -0.25) is 14.5 Å². The second-order valence-electron chi connectivity index (χ2n) is 8.85. The number of aliphatic hydroxyl groups is 1. The minimum atomic E-state index is -1.02. The number of hydrogen-bond donors (Lipinski definition) is 1. The van der Waals surface area contributed by atoms with Crippen LogP contribution in [-0.4, -0.2) is 47.6 Å².